The van der Waals surface area contributed by atoms with Crippen LogP contribution in [-0.4, -0.2) is 0 Å². The van der Waals surface area contributed by atoms with Crippen molar-refractivity contribution >= 4 is 39.7 Å². The Labute approximate surface area is 330 Å². The van der Waals surface area contributed by atoms with Crippen molar-refractivity contribution in [2.24, 2.45) is 0 Å². The summed E-state index contributed by atoms with van der Waals surface area (Å²) in [5.41, 5.74) is 16.5. The van der Waals surface area contributed by atoms with Gasteiger partial charge in [-0.3, -0.25) is 0 Å². The van der Waals surface area contributed by atoms with Gasteiger partial charge < -0.3 is 9.80 Å². The van der Waals surface area contributed by atoms with E-state index in [0.717, 1.165) is 47.0 Å². The Morgan fingerprint density at radius 3 is 1.16 bits per heavy atom. The van der Waals surface area contributed by atoms with Gasteiger partial charge in [0.25, 0.3) is 0 Å². The predicted molar refractivity (Wildman–Crippen MR) is 238 cm³/mol. The zero-order chi connectivity index (χ0) is 37.5. The molecular weight excluding hydrogens is 677 g/mol. The summed E-state index contributed by atoms with van der Waals surface area (Å²) >= 11 is 0. The van der Waals surface area contributed by atoms with Gasteiger partial charge >= 0.3 is 0 Å². The maximum absolute atomic E-state index is 2.35. The molecular formula is C54H42N2. The van der Waals surface area contributed by atoms with E-state index in [1.807, 2.05) is 0 Å². The van der Waals surface area contributed by atoms with E-state index in [2.05, 4.69) is 240 Å². The van der Waals surface area contributed by atoms with Crippen LogP contribution in [0, 0.1) is 0 Å². The van der Waals surface area contributed by atoms with Crippen LogP contribution in [-0.2, 0) is 0 Å². The number of nitrogens with zero attached hydrogens (tertiary/aromatic N) is 2. The molecule has 0 heterocycles. The van der Waals surface area contributed by atoms with Crippen LogP contribution in [0.3, 0.4) is 0 Å². The van der Waals surface area contributed by atoms with Gasteiger partial charge in [0, 0.05) is 34.1 Å². The van der Waals surface area contributed by atoms with Gasteiger partial charge in [-0.15, -0.1) is 0 Å². The zero-order valence-electron chi connectivity index (χ0n) is 31.2. The first kappa shape index (κ1) is 34.6. The molecule has 268 valence electrons. The standard InChI is InChI=1S/C54H42N2/c1-5-16-41(17-6-1)47-22-14-28-53(39-47)55(49-24-9-3-10-25-49)51-34-30-43(31-35-51)45-20-13-21-46(38-45)44-32-36-52(37-33-44)56(50-26-11-4-12-27-50)54-29-15-23-48(40-54)42-18-7-2-8-19-42/h1-7,9-18,20-40H,8,19H2. The van der Waals surface area contributed by atoms with Crippen LogP contribution in [0.5, 0.6) is 0 Å². The topological polar surface area (TPSA) is 6.48 Å². The Bertz CT molecular complexity index is 2610. The minimum atomic E-state index is 1.07. The van der Waals surface area contributed by atoms with Crippen LogP contribution in [0.4, 0.5) is 34.1 Å². The fourth-order valence-corrected chi connectivity index (χ4v) is 7.68. The zero-order valence-corrected chi connectivity index (χ0v) is 31.2. The first-order chi connectivity index (χ1) is 27.8. The Morgan fingerprint density at radius 2 is 0.661 bits per heavy atom. The summed E-state index contributed by atoms with van der Waals surface area (Å²) in [6.45, 7) is 0. The van der Waals surface area contributed by atoms with Crippen molar-refractivity contribution < 1.29 is 0 Å². The van der Waals surface area contributed by atoms with E-state index < -0.39 is 0 Å². The number of hydrogen-bond donors (Lipinski definition) is 0. The Hall–Kier alpha value is -7.16. The van der Waals surface area contributed by atoms with Crippen LogP contribution < -0.4 is 9.80 Å². The second-order valence-electron chi connectivity index (χ2n) is 14.1. The van der Waals surface area contributed by atoms with Crippen LogP contribution >= 0.6 is 0 Å². The third-order valence-electron chi connectivity index (χ3n) is 10.5. The lowest BCUT2D eigenvalue weighted by Crippen LogP contribution is -2.10. The Morgan fingerprint density at radius 1 is 0.286 bits per heavy atom. The average Bonchev–Trinajstić information content (AvgIpc) is 3.29. The number of hydrogen-bond acceptors (Lipinski definition) is 2. The first-order valence-electron chi connectivity index (χ1n) is 19.4. The van der Waals surface area contributed by atoms with E-state index >= 15 is 0 Å². The Balaban J connectivity index is 1.00. The normalized spacial score (nSPS) is 12.2. The van der Waals surface area contributed by atoms with Gasteiger partial charge in [0.05, 0.1) is 0 Å². The second-order valence-corrected chi connectivity index (χ2v) is 14.1. The smallest absolute Gasteiger partial charge is 0.0467 e. The van der Waals surface area contributed by atoms with E-state index in [1.165, 1.54) is 44.5 Å². The summed E-state index contributed by atoms with van der Waals surface area (Å²) in [5, 5.41) is 0. The van der Waals surface area contributed by atoms with Crippen molar-refractivity contribution in [3.8, 4) is 33.4 Å². The second kappa shape index (κ2) is 16.1. The number of para-hydroxylation sites is 2. The van der Waals surface area contributed by atoms with Crippen LogP contribution in [0.1, 0.15) is 18.4 Å². The summed E-state index contributed by atoms with van der Waals surface area (Å²) in [6.07, 6.45) is 8.82. The molecule has 0 aromatic heterocycles. The van der Waals surface area contributed by atoms with E-state index in [9.17, 15) is 0 Å². The molecule has 9 rings (SSSR count). The summed E-state index contributed by atoms with van der Waals surface area (Å²) in [7, 11) is 0. The SMILES string of the molecule is C1=CCCC(c2cccc(N(c3ccccc3)c3ccc(-c4cccc(-c5ccc(N(c6ccccc6)c6cccc(-c7ccccc7)c6)cc5)c4)cc3)c2)=C1. The monoisotopic (exact) mass is 718 g/mol. The molecule has 0 N–H and O–H groups in total. The highest BCUT2D eigenvalue weighted by Gasteiger charge is 2.16. The number of rotatable bonds is 10. The van der Waals surface area contributed by atoms with Crippen LogP contribution in [0.25, 0.3) is 39.0 Å². The molecule has 0 spiro atoms. The van der Waals surface area contributed by atoms with Gasteiger partial charge in [0.15, 0.2) is 0 Å². The maximum Gasteiger partial charge on any atom is 0.0467 e. The molecule has 0 bridgehead atoms. The molecule has 0 unspecified atom stereocenters. The van der Waals surface area contributed by atoms with Crippen molar-refractivity contribution in [2.45, 2.75) is 12.8 Å². The van der Waals surface area contributed by atoms with Gasteiger partial charge in [0.2, 0.25) is 0 Å². The highest BCUT2D eigenvalue weighted by molar-refractivity contribution is 5.84. The molecule has 56 heavy (non-hydrogen) atoms. The van der Waals surface area contributed by atoms with E-state index in [4.69, 9.17) is 0 Å². The first-order valence-corrected chi connectivity index (χ1v) is 19.4. The van der Waals surface area contributed by atoms with E-state index in [-0.39, 0.29) is 0 Å². The third-order valence-corrected chi connectivity index (χ3v) is 10.5. The van der Waals surface area contributed by atoms with Gasteiger partial charge in [-0.05, 0) is 136 Å². The molecule has 0 aliphatic heterocycles. The fourth-order valence-electron chi connectivity index (χ4n) is 7.68. The highest BCUT2D eigenvalue weighted by Crippen LogP contribution is 2.40. The van der Waals surface area contributed by atoms with Crippen LogP contribution in [0.2, 0.25) is 0 Å². The average molecular weight is 719 g/mol. The Kier molecular flexibility index (Phi) is 9.92. The molecule has 1 aliphatic rings. The molecule has 2 heteroatoms. The lowest BCUT2D eigenvalue weighted by atomic mass is 9.96. The minimum Gasteiger partial charge on any atom is -0.310 e. The largest absolute Gasteiger partial charge is 0.310 e. The highest BCUT2D eigenvalue weighted by atomic mass is 15.1. The number of benzene rings is 8. The summed E-state index contributed by atoms with van der Waals surface area (Å²) < 4.78 is 0. The van der Waals surface area contributed by atoms with Crippen molar-refractivity contribution in [2.75, 3.05) is 9.80 Å². The molecule has 8 aromatic rings. The maximum atomic E-state index is 2.35. The number of allylic oxidation sites excluding steroid dienone is 4. The van der Waals surface area contributed by atoms with Crippen molar-refractivity contribution in [3.05, 3.63) is 236 Å². The van der Waals surface area contributed by atoms with Gasteiger partial charge in [-0.2, -0.15) is 0 Å². The van der Waals surface area contributed by atoms with E-state index in [1.54, 1.807) is 0 Å². The van der Waals surface area contributed by atoms with Gasteiger partial charge in [-0.1, -0.05) is 152 Å². The molecule has 0 amide bonds. The quantitative estimate of drug-likeness (QED) is 0.139. The van der Waals surface area contributed by atoms with Crippen molar-refractivity contribution in [1.29, 1.82) is 0 Å². The molecule has 0 atom stereocenters. The van der Waals surface area contributed by atoms with Gasteiger partial charge in [0.1, 0.15) is 0 Å². The van der Waals surface area contributed by atoms with Gasteiger partial charge in [-0.25, -0.2) is 0 Å². The molecule has 0 fully saturated rings. The molecule has 8 aromatic carbocycles. The summed E-state index contributed by atoms with van der Waals surface area (Å²) in [6, 6.07) is 76.3. The van der Waals surface area contributed by atoms with Crippen LogP contribution in [0.15, 0.2) is 231 Å². The number of anilines is 6. The minimum absolute atomic E-state index is 1.07. The predicted octanol–water partition coefficient (Wildman–Crippen LogP) is 15.4. The third kappa shape index (κ3) is 7.46. The molecule has 0 saturated heterocycles. The molecule has 0 saturated carbocycles. The molecule has 1 aliphatic carbocycles. The summed E-state index contributed by atoms with van der Waals surface area (Å²) in [4.78, 5) is 4.68. The van der Waals surface area contributed by atoms with E-state index in [0.29, 0.717) is 0 Å². The molecule has 0 radical (unpaired) electrons. The summed E-state index contributed by atoms with van der Waals surface area (Å²) in [5.74, 6) is 0. The van der Waals surface area contributed by atoms with Crippen molar-refractivity contribution in [3.63, 3.8) is 0 Å². The van der Waals surface area contributed by atoms with Crippen molar-refractivity contribution in [1.82, 2.24) is 0 Å². The lowest BCUT2D eigenvalue weighted by Gasteiger charge is -2.26. The fraction of sp³-hybridized carbons (Fsp3) is 0.0370. The molecule has 2 nitrogen and oxygen atoms in total. The lowest BCUT2D eigenvalue weighted by molar-refractivity contribution is 1.05.